The van der Waals surface area contributed by atoms with Gasteiger partial charge < -0.3 is 15.3 Å². The summed E-state index contributed by atoms with van der Waals surface area (Å²) < 4.78 is 0. The van der Waals surface area contributed by atoms with Crippen LogP contribution in [0.3, 0.4) is 0 Å². The van der Waals surface area contributed by atoms with Gasteiger partial charge in [-0.1, -0.05) is 6.92 Å². The first kappa shape index (κ1) is 12.9. The van der Waals surface area contributed by atoms with Crippen LogP contribution in [0.25, 0.3) is 0 Å². The number of piperazine rings is 1. The first-order valence-electron chi connectivity index (χ1n) is 5.55. The van der Waals surface area contributed by atoms with Gasteiger partial charge in [-0.15, -0.1) is 0 Å². The molecule has 0 aromatic rings. The molecule has 0 aliphatic carbocycles. The molecule has 0 atom stereocenters. The van der Waals surface area contributed by atoms with Crippen LogP contribution in [0.15, 0.2) is 0 Å². The summed E-state index contributed by atoms with van der Waals surface area (Å²) in [6, 6.07) is 0. The first-order valence-corrected chi connectivity index (χ1v) is 5.55. The molecule has 0 spiro atoms. The fourth-order valence-electron chi connectivity index (χ4n) is 1.63. The predicted molar refractivity (Wildman–Crippen MR) is 58.8 cm³/mol. The van der Waals surface area contributed by atoms with Crippen LogP contribution in [-0.4, -0.2) is 72.6 Å². The van der Waals surface area contributed by atoms with Gasteiger partial charge in [0.15, 0.2) is 0 Å². The van der Waals surface area contributed by atoms with Gasteiger partial charge in [-0.25, -0.2) is 0 Å². The highest BCUT2D eigenvalue weighted by atomic mass is 16.3. The molecule has 0 aromatic heterocycles. The van der Waals surface area contributed by atoms with Gasteiger partial charge in [-0.2, -0.15) is 0 Å². The molecule has 16 heavy (non-hydrogen) atoms. The number of aliphatic hydroxyl groups is 1. The van der Waals surface area contributed by atoms with E-state index in [1.54, 1.807) is 4.90 Å². The van der Waals surface area contributed by atoms with Gasteiger partial charge in [0.1, 0.15) is 0 Å². The van der Waals surface area contributed by atoms with Crippen molar-refractivity contribution in [2.45, 2.75) is 6.92 Å². The lowest BCUT2D eigenvalue weighted by Crippen LogP contribution is -2.52. The molecule has 1 rings (SSSR count). The lowest BCUT2D eigenvalue weighted by Gasteiger charge is -2.29. The van der Waals surface area contributed by atoms with Gasteiger partial charge >= 0.3 is 0 Å². The molecule has 1 aliphatic rings. The van der Waals surface area contributed by atoms with Crippen molar-refractivity contribution in [3.63, 3.8) is 0 Å². The van der Waals surface area contributed by atoms with Crippen LogP contribution in [0, 0.1) is 0 Å². The molecule has 2 amide bonds. The molecule has 1 aliphatic heterocycles. The molecule has 0 bridgehead atoms. The van der Waals surface area contributed by atoms with Crippen LogP contribution < -0.4 is 5.32 Å². The zero-order valence-electron chi connectivity index (χ0n) is 9.61. The maximum atomic E-state index is 11.8. The van der Waals surface area contributed by atoms with E-state index in [-0.39, 0.29) is 31.5 Å². The minimum Gasteiger partial charge on any atom is -0.395 e. The van der Waals surface area contributed by atoms with E-state index < -0.39 is 0 Å². The Bertz CT molecular complexity index is 258. The highest BCUT2D eigenvalue weighted by Gasteiger charge is 2.22. The summed E-state index contributed by atoms with van der Waals surface area (Å²) in [7, 11) is 0. The average molecular weight is 229 g/mol. The second-order valence-corrected chi connectivity index (χ2v) is 3.76. The van der Waals surface area contributed by atoms with Crippen LogP contribution >= 0.6 is 0 Å². The Balaban J connectivity index is 2.40. The third-order valence-electron chi connectivity index (χ3n) is 2.61. The molecule has 0 saturated carbocycles. The van der Waals surface area contributed by atoms with Crippen molar-refractivity contribution in [1.82, 2.24) is 15.1 Å². The second kappa shape index (κ2) is 6.44. The highest BCUT2D eigenvalue weighted by Crippen LogP contribution is 1.97. The molecular formula is C10H19N3O3. The minimum atomic E-state index is -0.107. The zero-order chi connectivity index (χ0) is 12.0. The van der Waals surface area contributed by atoms with Gasteiger partial charge in [0.05, 0.1) is 19.7 Å². The van der Waals surface area contributed by atoms with Crippen molar-refractivity contribution >= 4 is 11.8 Å². The Morgan fingerprint density at radius 1 is 1.62 bits per heavy atom. The number of likely N-dealkylation sites (N-methyl/N-ethyl adjacent to an activating group) is 1. The van der Waals surface area contributed by atoms with Crippen LogP contribution in [0.5, 0.6) is 0 Å². The number of carbonyl (C=O) groups is 2. The van der Waals surface area contributed by atoms with Crippen molar-refractivity contribution in [3.8, 4) is 0 Å². The number of hydrogen-bond donors (Lipinski definition) is 2. The molecule has 1 saturated heterocycles. The quantitative estimate of drug-likeness (QED) is 0.587. The molecule has 0 radical (unpaired) electrons. The Kier molecular flexibility index (Phi) is 5.21. The van der Waals surface area contributed by atoms with E-state index in [9.17, 15) is 9.59 Å². The van der Waals surface area contributed by atoms with Crippen LogP contribution in [0.4, 0.5) is 0 Å². The number of amides is 2. The fraction of sp³-hybridized carbons (Fsp3) is 0.800. The van der Waals surface area contributed by atoms with Gasteiger partial charge in [0, 0.05) is 19.6 Å². The first-order chi connectivity index (χ1) is 7.67. The van der Waals surface area contributed by atoms with Crippen LogP contribution in [-0.2, 0) is 9.59 Å². The van der Waals surface area contributed by atoms with Crippen molar-refractivity contribution in [2.75, 3.05) is 45.9 Å². The third-order valence-corrected chi connectivity index (χ3v) is 2.61. The van der Waals surface area contributed by atoms with Crippen molar-refractivity contribution < 1.29 is 14.7 Å². The van der Waals surface area contributed by atoms with Crippen LogP contribution in [0.2, 0.25) is 0 Å². The minimum absolute atomic E-state index is 0.0433. The molecule has 0 unspecified atom stereocenters. The van der Waals surface area contributed by atoms with Crippen molar-refractivity contribution in [1.29, 1.82) is 0 Å². The summed E-state index contributed by atoms with van der Waals surface area (Å²) in [6.07, 6.45) is 0. The Morgan fingerprint density at radius 3 is 2.94 bits per heavy atom. The standard InChI is InChI=1S/C10H19N3O3/c1-2-12(5-6-14)8-10(16)13-4-3-11-9(15)7-13/h14H,2-8H2,1H3,(H,11,15). The normalized spacial score (nSPS) is 16.4. The van der Waals surface area contributed by atoms with Gasteiger partial charge in [-0.05, 0) is 6.54 Å². The number of hydrogen-bond acceptors (Lipinski definition) is 4. The Labute approximate surface area is 95.2 Å². The van der Waals surface area contributed by atoms with Gasteiger partial charge in [-0.3, -0.25) is 14.5 Å². The number of nitrogens with one attached hydrogen (secondary N) is 1. The SMILES string of the molecule is CCN(CCO)CC(=O)N1CCNC(=O)C1. The van der Waals surface area contributed by atoms with E-state index in [2.05, 4.69) is 5.32 Å². The van der Waals surface area contributed by atoms with E-state index in [4.69, 9.17) is 5.11 Å². The molecule has 2 N–H and O–H groups in total. The third kappa shape index (κ3) is 3.79. The zero-order valence-corrected chi connectivity index (χ0v) is 9.61. The predicted octanol–water partition coefficient (Wildman–Crippen LogP) is -1.74. The second-order valence-electron chi connectivity index (χ2n) is 3.76. The highest BCUT2D eigenvalue weighted by molar-refractivity contribution is 5.86. The molecule has 1 fully saturated rings. The van der Waals surface area contributed by atoms with Gasteiger partial charge in [0.25, 0.3) is 0 Å². The molecule has 92 valence electrons. The molecule has 6 nitrogen and oxygen atoms in total. The smallest absolute Gasteiger partial charge is 0.239 e. The van der Waals surface area contributed by atoms with E-state index >= 15 is 0 Å². The summed E-state index contributed by atoms with van der Waals surface area (Å²) >= 11 is 0. The molecule has 1 heterocycles. The van der Waals surface area contributed by atoms with E-state index in [1.165, 1.54) is 0 Å². The lowest BCUT2D eigenvalue weighted by molar-refractivity contribution is -0.139. The largest absolute Gasteiger partial charge is 0.395 e. The summed E-state index contributed by atoms with van der Waals surface area (Å²) in [4.78, 5) is 26.3. The van der Waals surface area contributed by atoms with Gasteiger partial charge in [0.2, 0.25) is 11.8 Å². The number of rotatable bonds is 5. The average Bonchev–Trinajstić information content (AvgIpc) is 2.28. The number of carbonyl (C=O) groups excluding carboxylic acids is 2. The summed E-state index contributed by atoms with van der Waals surface area (Å²) in [5.74, 6) is -0.157. The van der Waals surface area contributed by atoms with Crippen molar-refractivity contribution in [3.05, 3.63) is 0 Å². The Hall–Kier alpha value is -1.14. The topological polar surface area (TPSA) is 72.9 Å². The summed E-state index contributed by atoms with van der Waals surface area (Å²) in [5.41, 5.74) is 0. The monoisotopic (exact) mass is 229 g/mol. The Morgan fingerprint density at radius 2 is 2.38 bits per heavy atom. The summed E-state index contributed by atoms with van der Waals surface area (Å²) in [6.45, 7) is 4.69. The number of nitrogens with zero attached hydrogens (tertiary/aromatic N) is 2. The van der Waals surface area contributed by atoms with E-state index in [0.29, 0.717) is 26.2 Å². The van der Waals surface area contributed by atoms with Crippen LogP contribution in [0.1, 0.15) is 6.92 Å². The maximum Gasteiger partial charge on any atom is 0.239 e. The molecular weight excluding hydrogens is 210 g/mol. The van der Waals surface area contributed by atoms with Crippen molar-refractivity contribution in [2.24, 2.45) is 0 Å². The fourth-order valence-corrected chi connectivity index (χ4v) is 1.63. The molecule has 0 aromatic carbocycles. The summed E-state index contributed by atoms with van der Waals surface area (Å²) in [5, 5.41) is 11.5. The molecule has 6 heteroatoms. The maximum absolute atomic E-state index is 11.8. The van der Waals surface area contributed by atoms with E-state index in [1.807, 2.05) is 11.8 Å². The lowest BCUT2D eigenvalue weighted by atomic mass is 10.3. The van der Waals surface area contributed by atoms with E-state index in [0.717, 1.165) is 0 Å². The number of aliphatic hydroxyl groups excluding tert-OH is 1.